The van der Waals surface area contributed by atoms with Crippen LogP contribution >= 0.6 is 11.3 Å². The molecule has 1 aromatic heterocycles. The second kappa shape index (κ2) is 8.49. The zero-order valence-corrected chi connectivity index (χ0v) is 18.2. The van der Waals surface area contributed by atoms with E-state index >= 15 is 0 Å². The fraction of sp³-hybridized carbons (Fsp3) is 0.435. The van der Waals surface area contributed by atoms with Crippen LogP contribution in [0.15, 0.2) is 18.2 Å². The van der Waals surface area contributed by atoms with E-state index in [9.17, 15) is 14.9 Å². The van der Waals surface area contributed by atoms with Crippen molar-refractivity contribution >= 4 is 33.8 Å². The van der Waals surface area contributed by atoms with E-state index in [-0.39, 0.29) is 24.4 Å². The summed E-state index contributed by atoms with van der Waals surface area (Å²) < 4.78 is 0. The zero-order valence-electron chi connectivity index (χ0n) is 17.4. The van der Waals surface area contributed by atoms with Crippen LogP contribution in [-0.4, -0.2) is 30.9 Å². The molecule has 0 saturated carbocycles. The average molecular weight is 423 g/mol. The smallest absolute Gasteiger partial charge is 0.251 e. The van der Waals surface area contributed by atoms with Gasteiger partial charge < -0.3 is 15.5 Å². The summed E-state index contributed by atoms with van der Waals surface area (Å²) in [5.41, 5.74) is 4.38. The molecule has 0 spiro atoms. The molecule has 0 radical (unpaired) electrons. The molecule has 0 saturated heterocycles. The number of carbonyl (C=O) groups is 2. The van der Waals surface area contributed by atoms with E-state index in [1.54, 1.807) is 0 Å². The minimum absolute atomic E-state index is 0.0695. The third-order valence-electron chi connectivity index (χ3n) is 5.63. The van der Waals surface area contributed by atoms with Crippen LogP contribution in [0, 0.1) is 11.3 Å². The second-order valence-corrected chi connectivity index (χ2v) is 9.28. The summed E-state index contributed by atoms with van der Waals surface area (Å²) >= 11 is 1.54. The van der Waals surface area contributed by atoms with E-state index in [1.165, 1.54) is 16.2 Å². The van der Waals surface area contributed by atoms with Crippen molar-refractivity contribution in [1.82, 2.24) is 5.32 Å². The lowest BCUT2D eigenvalue weighted by atomic mass is 9.95. The van der Waals surface area contributed by atoms with Gasteiger partial charge in [-0.05, 0) is 69.2 Å². The van der Waals surface area contributed by atoms with Crippen molar-refractivity contribution in [2.75, 3.05) is 23.3 Å². The van der Waals surface area contributed by atoms with E-state index in [0.717, 1.165) is 55.5 Å². The van der Waals surface area contributed by atoms with Gasteiger partial charge >= 0.3 is 0 Å². The predicted octanol–water partition coefficient (Wildman–Crippen LogP) is 3.64. The Morgan fingerprint density at radius 2 is 2.00 bits per heavy atom. The SMILES string of the molecule is CC(C)NC(=O)c1cccc2c1CCCN2CC(=O)Nc1sc2c(c1C#N)CCC2. The summed E-state index contributed by atoms with van der Waals surface area (Å²) in [4.78, 5) is 28.7. The number of nitrogens with zero attached hydrogens (tertiary/aromatic N) is 2. The highest BCUT2D eigenvalue weighted by Gasteiger charge is 2.26. The molecule has 0 atom stereocenters. The van der Waals surface area contributed by atoms with E-state index in [0.29, 0.717) is 16.1 Å². The Hall–Kier alpha value is -2.85. The Bertz CT molecular complexity index is 1030. The van der Waals surface area contributed by atoms with Crippen molar-refractivity contribution in [2.24, 2.45) is 0 Å². The molecular weight excluding hydrogens is 396 g/mol. The fourth-order valence-electron chi connectivity index (χ4n) is 4.37. The number of thiophene rings is 1. The first-order valence-electron chi connectivity index (χ1n) is 10.5. The molecule has 6 nitrogen and oxygen atoms in total. The third kappa shape index (κ3) is 3.92. The zero-order chi connectivity index (χ0) is 21.3. The standard InChI is InChI=1S/C23H26N4O2S/c1-14(2)25-22(29)17-7-3-9-19-15(17)8-5-11-27(19)13-21(28)26-23-18(12-24)16-6-4-10-20(16)30-23/h3,7,9,14H,4-6,8,10-11,13H2,1-2H3,(H,25,29)(H,26,28). The molecule has 0 bridgehead atoms. The van der Waals surface area contributed by atoms with Crippen molar-refractivity contribution in [1.29, 1.82) is 5.26 Å². The van der Waals surface area contributed by atoms with Gasteiger partial charge in [0.1, 0.15) is 11.1 Å². The molecule has 1 aliphatic heterocycles. The number of hydrogen-bond donors (Lipinski definition) is 2. The van der Waals surface area contributed by atoms with Gasteiger partial charge in [0, 0.05) is 28.7 Å². The van der Waals surface area contributed by atoms with Gasteiger partial charge in [-0.25, -0.2) is 0 Å². The molecule has 2 aromatic rings. The molecule has 2 amide bonds. The van der Waals surface area contributed by atoms with Crippen LogP contribution < -0.4 is 15.5 Å². The molecule has 156 valence electrons. The second-order valence-electron chi connectivity index (χ2n) is 8.18. The monoisotopic (exact) mass is 422 g/mol. The number of benzene rings is 1. The molecule has 2 heterocycles. The molecule has 1 aromatic carbocycles. The Morgan fingerprint density at radius 3 is 2.77 bits per heavy atom. The maximum atomic E-state index is 12.8. The van der Waals surface area contributed by atoms with Gasteiger partial charge in [-0.15, -0.1) is 11.3 Å². The van der Waals surface area contributed by atoms with Gasteiger partial charge in [-0.3, -0.25) is 9.59 Å². The van der Waals surface area contributed by atoms with Crippen LogP contribution in [0.1, 0.15) is 58.6 Å². The Morgan fingerprint density at radius 1 is 1.20 bits per heavy atom. The molecule has 0 fully saturated rings. The number of nitriles is 1. The molecule has 0 unspecified atom stereocenters. The van der Waals surface area contributed by atoms with Crippen LogP contribution in [0.4, 0.5) is 10.7 Å². The average Bonchev–Trinajstić information content (AvgIpc) is 3.27. The van der Waals surface area contributed by atoms with Gasteiger partial charge in [-0.1, -0.05) is 6.07 Å². The summed E-state index contributed by atoms with van der Waals surface area (Å²) in [5, 5.41) is 16.1. The summed E-state index contributed by atoms with van der Waals surface area (Å²) in [6.07, 6.45) is 4.71. The third-order valence-corrected chi connectivity index (χ3v) is 6.84. The summed E-state index contributed by atoms with van der Waals surface area (Å²) in [6.45, 7) is 4.86. The Balaban J connectivity index is 1.51. The fourth-order valence-corrected chi connectivity index (χ4v) is 5.62. The number of fused-ring (bicyclic) bond motifs is 2. The first-order valence-corrected chi connectivity index (χ1v) is 11.3. The first kappa shape index (κ1) is 20.4. The van der Waals surface area contributed by atoms with E-state index < -0.39 is 0 Å². The number of hydrogen-bond acceptors (Lipinski definition) is 5. The van der Waals surface area contributed by atoms with E-state index in [4.69, 9.17) is 0 Å². The van der Waals surface area contributed by atoms with E-state index in [1.807, 2.05) is 36.9 Å². The topological polar surface area (TPSA) is 85.2 Å². The number of anilines is 2. The minimum atomic E-state index is -0.128. The Labute approximate surface area is 180 Å². The summed E-state index contributed by atoms with van der Waals surface area (Å²) in [7, 11) is 0. The van der Waals surface area contributed by atoms with Crippen LogP contribution in [-0.2, 0) is 24.1 Å². The van der Waals surface area contributed by atoms with Crippen LogP contribution in [0.3, 0.4) is 0 Å². The van der Waals surface area contributed by atoms with Gasteiger partial charge in [0.05, 0.1) is 12.1 Å². The number of rotatable bonds is 5. The highest BCUT2D eigenvalue weighted by Crippen LogP contribution is 2.38. The van der Waals surface area contributed by atoms with Crippen LogP contribution in [0.5, 0.6) is 0 Å². The molecule has 4 rings (SSSR count). The van der Waals surface area contributed by atoms with Gasteiger partial charge in [0.2, 0.25) is 5.91 Å². The summed E-state index contributed by atoms with van der Waals surface area (Å²) in [6, 6.07) is 8.05. The molecule has 2 N–H and O–H groups in total. The quantitative estimate of drug-likeness (QED) is 0.770. The molecule has 30 heavy (non-hydrogen) atoms. The highest BCUT2D eigenvalue weighted by atomic mass is 32.1. The van der Waals surface area contributed by atoms with Crippen molar-refractivity contribution in [3.8, 4) is 6.07 Å². The van der Waals surface area contributed by atoms with Crippen molar-refractivity contribution < 1.29 is 9.59 Å². The maximum Gasteiger partial charge on any atom is 0.251 e. The van der Waals surface area contributed by atoms with Crippen LogP contribution in [0.2, 0.25) is 0 Å². The Kier molecular flexibility index (Phi) is 5.78. The molecule has 7 heteroatoms. The lowest BCUT2D eigenvalue weighted by Crippen LogP contribution is -2.38. The highest BCUT2D eigenvalue weighted by molar-refractivity contribution is 7.16. The number of amides is 2. The largest absolute Gasteiger partial charge is 0.362 e. The summed E-state index contributed by atoms with van der Waals surface area (Å²) in [5.74, 6) is -0.198. The number of nitrogens with one attached hydrogen (secondary N) is 2. The van der Waals surface area contributed by atoms with E-state index in [2.05, 4.69) is 16.7 Å². The number of carbonyl (C=O) groups excluding carboxylic acids is 2. The van der Waals surface area contributed by atoms with Gasteiger partial charge in [0.25, 0.3) is 5.91 Å². The van der Waals surface area contributed by atoms with Gasteiger partial charge in [-0.2, -0.15) is 5.26 Å². The van der Waals surface area contributed by atoms with Crippen molar-refractivity contribution in [3.05, 3.63) is 45.3 Å². The first-order chi connectivity index (χ1) is 14.5. The number of aryl methyl sites for hydroxylation is 1. The van der Waals surface area contributed by atoms with Crippen molar-refractivity contribution in [2.45, 2.75) is 52.0 Å². The molecular formula is C23H26N4O2S. The lowest BCUT2D eigenvalue weighted by Gasteiger charge is -2.32. The lowest BCUT2D eigenvalue weighted by molar-refractivity contribution is -0.115. The van der Waals surface area contributed by atoms with Crippen molar-refractivity contribution in [3.63, 3.8) is 0 Å². The molecule has 2 aliphatic rings. The minimum Gasteiger partial charge on any atom is -0.362 e. The maximum absolute atomic E-state index is 12.8. The van der Waals surface area contributed by atoms with Crippen LogP contribution in [0.25, 0.3) is 0 Å². The normalized spacial score (nSPS) is 14.8. The molecule has 1 aliphatic carbocycles. The predicted molar refractivity (Wildman–Crippen MR) is 119 cm³/mol. The van der Waals surface area contributed by atoms with Gasteiger partial charge in [0.15, 0.2) is 0 Å².